The summed E-state index contributed by atoms with van der Waals surface area (Å²) >= 11 is 6.03. The first kappa shape index (κ1) is 17.4. The minimum Gasteiger partial charge on any atom is -0.459 e. The zero-order valence-corrected chi connectivity index (χ0v) is 14.2. The van der Waals surface area contributed by atoms with Gasteiger partial charge in [0, 0.05) is 10.6 Å². The molecule has 0 bridgehead atoms. The van der Waals surface area contributed by atoms with Gasteiger partial charge in [0.15, 0.2) is 5.76 Å². The second-order valence-electron chi connectivity index (χ2n) is 5.20. The minimum absolute atomic E-state index is 0.150. The zero-order chi connectivity index (χ0) is 18.4. The number of halogens is 1. The molecule has 0 spiro atoms. The van der Waals surface area contributed by atoms with Gasteiger partial charge in [-0.25, -0.2) is 5.43 Å². The number of hydrogen-bond acceptors (Lipinski definition) is 4. The average molecular weight is 368 g/mol. The summed E-state index contributed by atoms with van der Waals surface area (Å²) < 4.78 is 5.04. The molecule has 2 N–H and O–H groups in total. The van der Waals surface area contributed by atoms with Crippen LogP contribution in [-0.2, 0) is 0 Å². The molecule has 0 unspecified atom stereocenters. The number of para-hydroxylation sites is 1. The molecule has 0 saturated carbocycles. The lowest BCUT2D eigenvalue weighted by Gasteiger charge is -2.08. The summed E-state index contributed by atoms with van der Waals surface area (Å²) in [5.41, 5.74) is 3.71. The van der Waals surface area contributed by atoms with E-state index in [1.165, 1.54) is 18.5 Å². The van der Waals surface area contributed by atoms with E-state index in [2.05, 4.69) is 15.8 Å². The molecule has 3 aromatic rings. The predicted molar refractivity (Wildman–Crippen MR) is 99.6 cm³/mol. The Kier molecular flexibility index (Phi) is 5.46. The number of rotatable bonds is 5. The zero-order valence-electron chi connectivity index (χ0n) is 13.5. The molecule has 0 aliphatic heterocycles. The molecule has 130 valence electrons. The van der Waals surface area contributed by atoms with Crippen molar-refractivity contribution in [2.75, 3.05) is 5.32 Å². The number of furan rings is 1. The standard InChI is InChI=1S/C19H14ClN3O3/c20-15-8-3-1-6-13(15)12-21-23-18(24)14-7-2-4-9-16(14)22-19(25)17-10-5-11-26-17/h1-12H,(H,22,25)(H,23,24). The van der Waals surface area contributed by atoms with Gasteiger partial charge in [0.25, 0.3) is 11.8 Å². The van der Waals surface area contributed by atoms with Gasteiger partial charge in [-0.15, -0.1) is 0 Å². The molecule has 0 radical (unpaired) electrons. The first-order valence-electron chi connectivity index (χ1n) is 7.67. The van der Waals surface area contributed by atoms with E-state index in [-0.39, 0.29) is 11.3 Å². The van der Waals surface area contributed by atoms with Crippen LogP contribution in [0.15, 0.2) is 76.4 Å². The highest BCUT2D eigenvalue weighted by molar-refractivity contribution is 6.33. The fraction of sp³-hybridized carbons (Fsp3) is 0. The highest BCUT2D eigenvalue weighted by atomic mass is 35.5. The van der Waals surface area contributed by atoms with Crippen LogP contribution < -0.4 is 10.7 Å². The summed E-state index contributed by atoms with van der Waals surface area (Å²) in [7, 11) is 0. The lowest BCUT2D eigenvalue weighted by molar-refractivity contribution is 0.0956. The Morgan fingerprint density at radius 3 is 2.50 bits per heavy atom. The maximum atomic E-state index is 12.4. The van der Waals surface area contributed by atoms with E-state index in [1.54, 1.807) is 48.5 Å². The van der Waals surface area contributed by atoms with Crippen molar-refractivity contribution in [3.05, 3.63) is 88.8 Å². The van der Waals surface area contributed by atoms with Crippen LogP contribution in [0.25, 0.3) is 0 Å². The van der Waals surface area contributed by atoms with Crippen molar-refractivity contribution >= 4 is 35.3 Å². The molecule has 2 amide bonds. The van der Waals surface area contributed by atoms with Crippen LogP contribution in [0.5, 0.6) is 0 Å². The molecule has 1 aromatic heterocycles. The van der Waals surface area contributed by atoms with Crippen LogP contribution in [0, 0.1) is 0 Å². The molecule has 26 heavy (non-hydrogen) atoms. The third-order valence-electron chi connectivity index (χ3n) is 3.44. The predicted octanol–water partition coefficient (Wildman–Crippen LogP) is 3.95. The van der Waals surface area contributed by atoms with Crippen molar-refractivity contribution in [3.8, 4) is 0 Å². The highest BCUT2D eigenvalue weighted by Gasteiger charge is 2.15. The van der Waals surface area contributed by atoms with Gasteiger partial charge in [-0.1, -0.05) is 41.9 Å². The first-order chi connectivity index (χ1) is 12.6. The van der Waals surface area contributed by atoms with Gasteiger partial charge in [0.1, 0.15) is 0 Å². The number of hydrogen-bond donors (Lipinski definition) is 2. The molecule has 0 aliphatic rings. The molecular weight excluding hydrogens is 354 g/mol. The van der Waals surface area contributed by atoms with Crippen LogP contribution in [0.4, 0.5) is 5.69 Å². The van der Waals surface area contributed by atoms with Crippen molar-refractivity contribution in [3.63, 3.8) is 0 Å². The third-order valence-corrected chi connectivity index (χ3v) is 3.78. The molecule has 7 heteroatoms. The van der Waals surface area contributed by atoms with Crippen LogP contribution in [0.2, 0.25) is 5.02 Å². The number of nitrogens with one attached hydrogen (secondary N) is 2. The number of benzene rings is 2. The monoisotopic (exact) mass is 367 g/mol. The van der Waals surface area contributed by atoms with Gasteiger partial charge in [0.2, 0.25) is 0 Å². The van der Waals surface area contributed by atoms with Gasteiger partial charge in [-0.05, 0) is 30.3 Å². The van der Waals surface area contributed by atoms with Gasteiger partial charge in [-0.3, -0.25) is 9.59 Å². The molecule has 0 saturated heterocycles. The first-order valence-corrected chi connectivity index (χ1v) is 8.05. The lowest BCUT2D eigenvalue weighted by Crippen LogP contribution is -2.21. The number of amides is 2. The SMILES string of the molecule is O=C(Nc1ccccc1C(=O)NN=Cc1ccccc1Cl)c1ccco1. The summed E-state index contributed by atoms with van der Waals surface area (Å²) in [4.78, 5) is 24.5. The Hall–Kier alpha value is -3.38. The molecule has 6 nitrogen and oxygen atoms in total. The van der Waals surface area contributed by atoms with E-state index < -0.39 is 11.8 Å². The Morgan fingerprint density at radius 2 is 1.73 bits per heavy atom. The third kappa shape index (κ3) is 4.17. The van der Waals surface area contributed by atoms with Crippen molar-refractivity contribution in [1.82, 2.24) is 5.43 Å². The van der Waals surface area contributed by atoms with E-state index in [9.17, 15) is 9.59 Å². The van der Waals surface area contributed by atoms with Crippen molar-refractivity contribution in [2.45, 2.75) is 0 Å². The summed E-state index contributed by atoms with van der Waals surface area (Å²) in [5.74, 6) is -0.768. The topological polar surface area (TPSA) is 83.7 Å². The second-order valence-corrected chi connectivity index (χ2v) is 5.60. The fourth-order valence-electron chi connectivity index (χ4n) is 2.18. The summed E-state index contributed by atoms with van der Waals surface area (Å²) in [5, 5.41) is 7.08. The Morgan fingerprint density at radius 1 is 0.962 bits per heavy atom. The summed E-state index contributed by atoms with van der Waals surface area (Å²) in [6.45, 7) is 0. The van der Waals surface area contributed by atoms with Crippen molar-refractivity contribution in [2.24, 2.45) is 5.10 Å². The van der Waals surface area contributed by atoms with Crippen molar-refractivity contribution in [1.29, 1.82) is 0 Å². The Bertz CT molecular complexity index is 952. The van der Waals surface area contributed by atoms with E-state index in [1.807, 2.05) is 6.07 Å². The van der Waals surface area contributed by atoms with Gasteiger partial charge in [0.05, 0.1) is 23.7 Å². The number of hydrazone groups is 1. The van der Waals surface area contributed by atoms with Gasteiger partial charge < -0.3 is 9.73 Å². The summed E-state index contributed by atoms with van der Waals surface area (Å²) in [6, 6.07) is 16.9. The largest absolute Gasteiger partial charge is 0.459 e. The van der Waals surface area contributed by atoms with E-state index in [0.717, 1.165) is 0 Å². The number of carbonyl (C=O) groups excluding carboxylic acids is 2. The molecular formula is C19H14ClN3O3. The molecule has 2 aromatic carbocycles. The Labute approximate surface area is 154 Å². The van der Waals surface area contributed by atoms with E-state index >= 15 is 0 Å². The number of anilines is 1. The van der Waals surface area contributed by atoms with Crippen LogP contribution in [0.3, 0.4) is 0 Å². The van der Waals surface area contributed by atoms with Crippen LogP contribution in [-0.4, -0.2) is 18.0 Å². The number of carbonyl (C=O) groups is 2. The van der Waals surface area contributed by atoms with Gasteiger partial charge >= 0.3 is 0 Å². The number of nitrogens with zero attached hydrogens (tertiary/aromatic N) is 1. The van der Waals surface area contributed by atoms with Crippen molar-refractivity contribution < 1.29 is 14.0 Å². The smallest absolute Gasteiger partial charge is 0.291 e. The van der Waals surface area contributed by atoms with E-state index in [4.69, 9.17) is 16.0 Å². The quantitative estimate of drug-likeness (QED) is 0.529. The van der Waals surface area contributed by atoms with Crippen LogP contribution in [0.1, 0.15) is 26.5 Å². The maximum absolute atomic E-state index is 12.4. The Balaban J connectivity index is 1.72. The second kappa shape index (κ2) is 8.13. The molecule has 0 aliphatic carbocycles. The van der Waals surface area contributed by atoms with E-state index in [0.29, 0.717) is 16.3 Å². The minimum atomic E-state index is -0.469. The molecule has 0 atom stereocenters. The molecule has 3 rings (SSSR count). The normalized spacial score (nSPS) is 10.7. The fourth-order valence-corrected chi connectivity index (χ4v) is 2.37. The summed E-state index contributed by atoms with van der Waals surface area (Å²) in [6.07, 6.45) is 2.85. The average Bonchev–Trinajstić information content (AvgIpc) is 3.18. The molecule has 1 heterocycles. The lowest BCUT2D eigenvalue weighted by atomic mass is 10.1. The molecule has 0 fully saturated rings. The highest BCUT2D eigenvalue weighted by Crippen LogP contribution is 2.17. The van der Waals surface area contributed by atoms with Crippen LogP contribution >= 0.6 is 11.6 Å². The van der Waals surface area contributed by atoms with Gasteiger partial charge in [-0.2, -0.15) is 5.10 Å². The maximum Gasteiger partial charge on any atom is 0.291 e.